The molecule has 9 heteroatoms. The van der Waals surface area contributed by atoms with Crippen molar-refractivity contribution in [2.45, 2.75) is 18.9 Å². The van der Waals surface area contributed by atoms with Crippen molar-refractivity contribution >= 4 is 28.4 Å². The van der Waals surface area contributed by atoms with Crippen LogP contribution in [0.4, 0.5) is 10.1 Å². The molecule has 1 fully saturated rings. The molecule has 2 N–H and O–H groups in total. The Labute approximate surface area is 170 Å². The first-order valence-corrected chi connectivity index (χ1v) is 9.54. The number of rotatable bonds is 4. The zero-order valence-electron chi connectivity index (χ0n) is 15.9. The Balaban J connectivity index is 1.42. The molecule has 2 aromatic carbocycles. The van der Waals surface area contributed by atoms with E-state index < -0.39 is 16.6 Å². The SMILES string of the molecule is O=C(NC1CCN(C(=O)c2c[nH]c3ccc([N+](=O)[O-])cc23)CC1)c1ccccc1F. The van der Waals surface area contributed by atoms with Crippen molar-refractivity contribution in [1.82, 2.24) is 15.2 Å². The van der Waals surface area contributed by atoms with Gasteiger partial charge in [0.05, 0.1) is 16.1 Å². The molecule has 154 valence electrons. The van der Waals surface area contributed by atoms with E-state index in [-0.39, 0.29) is 23.2 Å². The molecular weight excluding hydrogens is 391 g/mol. The van der Waals surface area contributed by atoms with Crippen molar-refractivity contribution in [3.8, 4) is 0 Å². The van der Waals surface area contributed by atoms with Crippen LogP contribution in [0.1, 0.15) is 33.6 Å². The number of hydrogen-bond acceptors (Lipinski definition) is 4. The van der Waals surface area contributed by atoms with Gasteiger partial charge in [-0.05, 0) is 31.0 Å². The van der Waals surface area contributed by atoms with Gasteiger partial charge in [-0.25, -0.2) is 4.39 Å². The molecule has 8 nitrogen and oxygen atoms in total. The lowest BCUT2D eigenvalue weighted by Gasteiger charge is -2.32. The molecule has 1 aromatic heterocycles. The minimum atomic E-state index is -0.573. The predicted molar refractivity (Wildman–Crippen MR) is 108 cm³/mol. The third-order valence-corrected chi connectivity index (χ3v) is 5.34. The van der Waals surface area contributed by atoms with E-state index in [2.05, 4.69) is 10.3 Å². The second kappa shape index (κ2) is 7.94. The van der Waals surface area contributed by atoms with Crippen LogP contribution in [0.2, 0.25) is 0 Å². The molecule has 3 aromatic rings. The zero-order chi connectivity index (χ0) is 21.3. The van der Waals surface area contributed by atoms with E-state index in [1.54, 1.807) is 23.2 Å². The maximum absolute atomic E-state index is 13.8. The van der Waals surface area contributed by atoms with Crippen LogP contribution >= 0.6 is 0 Å². The molecule has 30 heavy (non-hydrogen) atoms. The summed E-state index contributed by atoms with van der Waals surface area (Å²) in [7, 11) is 0. The third-order valence-electron chi connectivity index (χ3n) is 5.34. The van der Waals surface area contributed by atoms with Gasteiger partial charge < -0.3 is 15.2 Å². The van der Waals surface area contributed by atoms with Crippen LogP contribution < -0.4 is 5.32 Å². The smallest absolute Gasteiger partial charge is 0.270 e. The fraction of sp³-hybridized carbons (Fsp3) is 0.238. The molecule has 2 amide bonds. The maximum Gasteiger partial charge on any atom is 0.270 e. The van der Waals surface area contributed by atoms with E-state index >= 15 is 0 Å². The second-order valence-electron chi connectivity index (χ2n) is 7.21. The molecule has 0 radical (unpaired) electrons. The number of H-pyrrole nitrogens is 1. The van der Waals surface area contributed by atoms with Gasteiger partial charge in [-0.3, -0.25) is 19.7 Å². The molecule has 0 aliphatic carbocycles. The number of carbonyl (C=O) groups is 2. The van der Waals surface area contributed by atoms with Gasteiger partial charge in [0.15, 0.2) is 0 Å². The van der Waals surface area contributed by atoms with E-state index in [0.717, 1.165) is 0 Å². The predicted octanol–water partition coefficient (Wildman–Crippen LogP) is 3.25. The highest BCUT2D eigenvalue weighted by molar-refractivity contribution is 6.07. The first kappa shape index (κ1) is 19.6. The Kier molecular flexibility index (Phi) is 5.18. The molecular formula is C21H19FN4O4. The fourth-order valence-corrected chi connectivity index (χ4v) is 3.70. The number of nitrogens with zero attached hydrogens (tertiary/aromatic N) is 2. The van der Waals surface area contributed by atoms with Crippen molar-refractivity contribution in [3.63, 3.8) is 0 Å². The number of amides is 2. The zero-order valence-corrected chi connectivity index (χ0v) is 15.9. The minimum absolute atomic E-state index is 0.00334. The summed E-state index contributed by atoms with van der Waals surface area (Å²) < 4.78 is 13.8. The number of hydrogen-bond donors (Lipinski definition) is 2. The molecule has 0 saturated carbocycles. The second-order valence-corrected chi connectivity index (χ2v) is 7.21. The Morgan fingerprint density at radius 1 is 1.13 bits per heavy atom. The number of nitrogens with one attached hydrogen (secondary N) is 2. The first-order valence-electron chi connectivity index (χ1n) is 9.54. The van der Waals surface area contributed by atoms with Gasteiger partial charge in [-0.1, -0.05) is 12.1 Å². The van der Waals surface area contributed by atoms with E-state index in [4.69, 9.17) is 0 Å². The summed E-state index contributed by atoms with van der Waals surface area (Å²) in [5, 5.41) is 14.4. The van der Waals surface area contributed by atoms with Gasteiger partial charge in [-0.15, -0.1) is 0 Å². The Morgan fingerprint density at radius 3 is 2.57 bits per heavy atom. The number of aromatic amines is 1. The Morgan fingerprint density at radius 2 is 1.87 bits per heavy atom. The molecule has 0 bridgehead atoms. The third kappa shape index (κ3) is 3.73. The van der Waals surface area contributed by atoms with Crippen LogP contribution in [0, 0.1) is 15.9 Å². The summed E-state index contributed by atoms with van der Waals surface area (Å²) in [6.07, 6.45) is 2.63. The van der Waals surface area contributed by atoms with Crippen molar-refractivity contribution in [1.29, 1.82) is 0 Å². The van der Waals surface area contributed by atoms with E-state index in [9.17, 15) is 24.1 Å². The number of carbonyl (C=O) groups excluding carboxylic acids is 2. The van der Waals surface area contributed by atoms with E-state index in [1.807, 2.05) is 0 Å². The van der Waals surface area contributed by atoms with Gasteiger partial charge in [-0.2, -0.15) is 0 Å². The van der Waals surface area contributed by atoms with Gasteiger partial charge in [0.25, 0.3) is 17.5 Å². The lowest BCUT2D eigenvalue weighted by Crippen LogP contribution is -2.46. The summed E-state index contributed by atoms with van der Waals surface area (Å²) in [4.78, 5) is 40.4. The fourth-order valence-electron chi connectivity index (χ4n) is 3.70. The number of aromatic nitrogens is 1. The number of nitro groups is 1. The highest BCUT2D eigenvalue weighted by Gasteiger charge is 2.27. The largest absolute Gasteiger partial charge is 0.360 e. The summed E-state index contributed by atoms with van der Waals surface area (Å²) in [6.45, 7) is 0.839. The van der Waals surface area contributed by atoms with Crippen molar-refractivity contribution in [2.24, 2.45) is 0 Å². The molecule has 4 rings (SSSR count). The molecule has 0 unspecified atom stereocenters. The van der Waals surface area contributed by atoms with Gasteiger partial charge in [0.1, 0.15) is 5.82 Å². The number of halogens is 1. The maximum atomic E-state index is 13.8. The molecule has 1 saturated heterocycles. The Hall–Kier alpha value is -3.75. The highest BCUT2D eigenvalue weighted by atomic mass is 19.1. The number of likely N-dealkylation sites (tertiary alicyclic amines) is 1. The minimum Gasteiger partial charge on any atom is -0.360 e. The first-order chi connectivity index (χ1) is 14.4. The molecule has 1 aliphatic rings. The van der Waals surface area contributed by atoms with Gasteiger partial charge >= 0.3 is 0 Å². The summed E-state index contributed by atoms with van der Waals surface area (Å²) in [5.74, 6) is -1.27. The summed E-state index contributed by atoms with van der Waals surface area (Å²) in [5.41, 5.74) is 0.945. The quantitative estimate of drug-likeness (QED) is 0.508. The van der Waals surface area contributed by atoms with Gasteiger partial charge in [0.2, 0.25) is 0 Å². The van der Waals surface area contributed by atoms with Crippen LogP contribution in [-0.4, -0.2) is 45.8 Å². The number of nitro benzene ring substituents is 1. The monoisotopic (exact) mass is 410 g/mol. The standard InChI is InChI=1S/C21H19FN4O4/c22-18-4-2-1-3-15(18)20(27)24-13-7-9-25(10-8-13)21(28)17-12-23-19-6-5-14(26(29)30)11-16(17)19/h1-6,11-13,23H,7-10H2,(H,24,27). The molecule has 0 spiro atoms. The van der Waals surface area contributed by atoms with Crippen LogP contribution in [-0.2, 0) is 0 Å². The van der Waals surface area contributed by atoms with Crippen LogP contribution in [0.15, 0.2) is 48.7 Å². The lowest BCUT2D eigenvalue weighted by atomic mass is 10.0. The van der Waals surface area contributed by atoms with Gasteiger partial charge in [0, 0.05) is 48.4 Å². The average molecular weight is 410 g/mol. The number of non-ortho nitro benzene ring substituents is 1. The van der Waals surface area contributed by atoms with Crippen LogP contribution in [0.5, 0.6) is 0 Å². The number of piperidine rings is 1. The normalized spacial score (nSPS) is 14.6. The molecule has 1 aliphatic heterocycles. The van der Waals surface area contributed by atoms with E-state index in [1.165, 1.54) is 30.3 Å². The van der Waals surface area contributed by atoms with Crippen LogP contribution in [0.25, 0.3) is 10.9 Å². The average Bonchev–Trinajstić information content (AvgIpc) is 3.17. The molecule has 2 heterocycles. The van der Waals surface area contributed by atoms with Crippen LogP contribution in [0.3, 0.4) is 0 Å². The number of fused-ring (bicyclic) bond motifs is 1. The summed E-state index contributed by atoms with van der Waals surface area (Å²) >= 11 is 0. The summed E-state index contributed by atoms with van der Waals surface area (Å²) in [6, 6.07) is 9.98. The topological polar surface area (TPSA) is 108 Å². The number of benzene rings is 2. The van der Waals surface area contributed by atoms with E-state index in [0.29, 0.717) is 42.4 Å². The highest BCUT2D eigenvalue weighted by Crippen LogP contribution is 2.25. The Bertz CT molecular complexity index is 1130. The van der Waals surface area contributed by atoms with Crippen molar-refractivity contribution in [2.75, 3.05) is 13.1 Å². The van der Waals surface area contributed by atoms with Crippen molar-refractivity contribution in [3.05, 3.63) is 75.7 Å². The van der Waals surface area contributed by atoms with Crippen molar-refractivity contribution < 1.29 is 18.9 Å². The lowest BCUT2D eigenvalue weighted by molar-refractivity contribution is -0.384. The molecule has 0 atom stereocenters.